The molecule has 6 nitrogen and oxygen atoms in total. The fourth-order valence-electron chi connectivity index (χ4n) is 3.62. The number of halogens is 1. The van der Waals surface area contributed by atoms with Gasteiger partial charge >= 0.3 is 0 Å². The Kier molecular flexibility index (Phi) is 12.6. The molecule has 2 atom stereocenters. The largest absolute Gasteiger partial charge is 0.497 e. The second-order valence-corrected chi connectivity index (χ2v) is 7.66. The number of guanidine groups is 1. The lowest BCUT2D eigenvalue weighted by Gasteiger charge is -2.37. The number of nitrogens with zero attached hydrogens (tertiary/aromatic N) is 3. The van der Waals surface area contributed by atoms with Crippen LogP contribution in [0.4, 0.5) is 0 Å². The van der Waals surface area contributed by atoms with Crippen LogP contribution < -0.4 is 15.4 Å². The first kappa shape index (κ1) is 26.0. The maximum Gasteiger partial charge on any atom is 0.191 e. The van der Waals surface area contributed by atoms with Gasteiger partial charge in [0.15, 0.2) is 5.96 Å². The molecule has 1 heterocycles. The van der Waals surface area contributed by atoms with Gasteiger partial charge in [0.05, 0.1) is 7.11 Å². The highest BCUT2D eigenvalue weighted by molar-refractivity contribution is 14.0. The van der Waals surface area contributed by atoms with E-state index in [4.69, 9.17) is 4.74 Å². The second kappa shape index (κ2) is 14.0. The molecule has 0 radical (unpaired) electrons. The molecule has 166 valence electrons. The molecular formula is C22H40IN5O. The number of aliphatic imine (C=N–C) groups is 1. The van der Waals surface area contributed by atoms with E-state index >= 15 is 0 Å². The first-order chi connectivity index (χ1) is 13.6. The lowest BCUT2D eigenvalue weighted by atomic mass is 9.98. The fourth-order valence-corrected chi connectivity index (χ4v) is 3.62. The third-order valence-corrected chi connectivity index (χ3v) is 5.82. The van der Waals surface area contributed by atoms with Crippen molar-refractivity contribution in [3.8, 4) is 5.75 Å². The van der Waals surface area contributed by atoms with E-state index in [1.54, 1.807) is 7.11 Å². The second-order valence-electron chi connectivity index (χ2n) is 7.66. The van der Waals surface area contributed by atoms with E-state index < -0.39 is 0 Å². The van der Waals surface area contributed by atoms with Crippen molar-refractivity contribution >= 4 is 29.9 Å². The van der Waals surface area contributed by atoms with Gasteiger partial charge in [-0.3, -0.25) is 9.89 Å². The summed E-state index contributed by atoms with van der Waals surface area (Å²) in [6.45, 7) is 14.4. The molecule has 0 spiro atoms. The van der Waals surface area contributed by atoms with E-state index in [-0.39, 0.29) is 24.0 Å². The van der Waals surface area contributed by atoms with Gasteiger partial charge in [-0.15, -0.1) is 24.0 Å². The zero-order chi connectivity index (χ0) is 20.4. The summed E-state index contributed by atoms with van der Waals surface area (Å²) in [5.74, 6) is 2.29. The van der Waals surface area contributed by atoms with Crippen LogP contribution in [-0.2, 0) is 0 Å². The lowest BCUT2D eigenvalue weighted by Crippen LogP contribution is -2.53. The minimum Gasteiger partial charge on any atom is -0.497 e. The van der Waals surface area contributed by atoms with Crippen LogP contribution in [0.3, 0.4) is 0 Å². The van der Waals surface area contributed by atoms with Crippen LogP contribution in [-0.4, -0.2) is 81.8 Å². The highest BCUT2D eigenvalue weighted by atomic mass is 127. The first-order valence-electron chi connectivity index (χ1n) is 10.6. The van der Waals surface area contributed by atoms with Gasteiger partial charge in [0.1, 0.15) is 5.75 Å². The zero-order valence-corrected chi connectivity index (χ0v) is 21.1. The quantitative estimate of drug-likeness (QED) is 0.300. The van der Waals surface area contributed by atoms with Crippen molar-refractivity contribution in [1.29, 1.82) is 0 Å². The minimum atomic E-state index is 0. The van der Waals surface area contributed by atoms with Crippen molar-refractivity contribution in [3.63, 3.8) is 0 Å². The number of piperazine rings is 1. The SMILES string of the molecule is CCN1CCN(C(C)CNC(=NC)NCCC(C)c2ccc(OC)cc2)CC1.I. The molecular weight excluding hydrogens is 477 g/mol. The first-order valence-corrected chi connectivity index (χ1v) is 10.6. The van der Waals surface area contributed by atoms with E-state index in [9.17, 15) is 0 Å². The molecule has 0 saturated carbocycles. The van der Waals surface area contributed by atoms with Crippen molar-refractivity contribution in [1.82, 2.24) is 20.4 Å². The van der Waals surface area contributed by atoms with Crippen LogP contribution in [0.5, 0.6) is 5.75 Å². The number of nitrogens with one attached hydrogen (secondary N) is 2. The Morgan fingerprint density at radius 3 is 2.31 bits per heavy atom. The average molecular weight is 518 g/mol. The number of hydrogen-bond donors (Lipinski definition) is 2. The van der Waals surface area contributed by atoms with E-state index in [0.29, 0.717) is 12.0 Å². The number of methoxy groups -OCH3 is 1. The number of hydrogen-bond acceptors (Lipinski definition) is 4. The molecule has 1 aliphatic rings. The maximum atomic E-state index is 5.23. The summed E-state index contributed by atoms with van der Waals surface area (Å²) in [5, 5.41) is 6.94. The average Bonchev–Trinajstić information content (AvgIpc) is 2.75. The van der Waals surface area contributed by atoms with Crippen LogP contribution in [0.2, 0.25) is 0 Å². The summed E-state index contributed by atoms with van der Waals surface area (Å²) in [5.41, 5.74) is 1.34. The Bertz CT molecular complexity index is 587. The Hall–Kier alpha value is -1.06. The van der Waals surface area contributed by atoms with Crippen LogP contribution >= 0.6 is 24.0 Å². The summed E-state index contributed by atoms with van der Waals surface area (Å²) in [6, 6.07) is 8.87. The molecule has 0 amide bonds. The molecule has 0 bridgehead atoms. The molecule has 0 aliphatic carbocycles. The van der Waals surface area contributed by atoms with Gasteiger partial charge in [-0.1, -0.05) is 26.0 Å². The van der Waals surface area contributed by atoms with Crippen LogP contribution in [0.25, 0.3) is 0 Å². The topological polar surface area (TPSA) is 52.1 Å². The summed E-state index contributed by atoms with van der Waals surface area (Å²) in [7, 11) is 3.54. The molecule has 29 heavy (non-hydrogen) atoms. The van der Waals surface area contributed by atoms with Crippen molar-refractivity contribution in [2.75, 3.05) is 60.0 Å². The molecule has 1 aromatic rings. The van der Waals surface area contributed by atoms with E-state index in [2.05, 4.69) is 58.3 Å². The predicted octanol–water partition coefficient (Wildman–Crippen LogP) is 3.00. The van der Waals surface area contributed by atoms with Crippen molar-refractivity contribution < 1.29 is 4.74 Å². The standard InChI is InChI=1S/C22H39N5O.HI/c1-6-26-13-15-27(16-14-26)19(3)17-25-22(23-4)24-12-11-18(2)20-7-9-21(28-5)10-8-20;/h7-10,18-19H,6,11-17H2,1-5H3,(H2,23,24,25);1H. The van der Waals surface area contributed by atoms with E-state index in [1.807, 2.05) is 19.2 Å². The summed E-state index contributed by atoms with van der Waals surface area (Å²) in [6.07, 6.45) is 1.06. The Morgan fingerprint density at radius 1 is 1.10 bits per heavy atom. The third-order valence-electron chi connectivity index (χ3n) is 5.82. The molecule has 2 unspecified atom stereocenters. The molecule has 1 aromatic carbocycles. The number of likely N-dealkylation sites (N-methyl/N-ethyl adjacent to an activating group) is 1. The number of ether oxygens (including phenoxy) is 1. The third kappa shape index (κ3) is 8.68. The number of benzene rings is 1. The number of rotatable bonds is 9. The highest BCUT2D eigenvalue weighted by Crippen LogP contribution is 2.21. The van der Waals surface area contributed by atoms with Gasteiger partial charge < -0.3 is 20.3 Å². The van der Waals surface area contributed by atoms with Gasteiger partial charge in [-0.05, 0) is 43.5 Å². The maximum absolute atomic E-state index is 5.23. The monoisotopic (exact) mass is 517 g/mol. The summed E-state index contributed by atoms with van der Waals surface area (Å²) < 4.78 is 5.23. The minimum absolute atomic E-state index is 0. The van der Waals surface area contributed by atoms with Gasteiger partial charge in [0.2, 0.25) is 0 Å². The normalized spacial score (nSPS) is 17.9. The smallest absolute Gasteiger partial charge is 0.191 e. The fraction of sp³-hybridized carbons (Fsp3) is 0.682. The molecule has 1 fully saturated rings. The van der Waals surface area contributed by atoms with Crippen molar-refractivity contribution in [2.45, 2.75) is 39.2 Å². The summed E-state index contributed by atoms with van der Waals surface area (Å²) in [4.78, 5) is 9.46. The lowest BCUT2D eigenvalue weighted by molar-refractivity contribution is 0.107. The van der Waals surface area contributed by atoms with Crippen molar-refractivity contribution in [3.05, 3.63) is 29.8 Å². The van der Waals surface area contributed by atoms with Gasteiger partial charge in [-0.25, -0.2) is 0 Å². The highest BCUT2D eigenvalue weighted by Gasteiger charge is 2.20. The van der Waals surface area contributed by atoms with Crippen LogP contribution in [0.1, 0.15) is 38.7 Å². The van der Waals surface area contributed by atoms with E-state index in [1.165, 1.54) is 18.7 Å². The molecule has 1 aliphatic heterocycles. The van der Waals surface area contributed by atoms with Gasteiger partial charge in [-0.2, -0.15) is 0 Å². The van der Waals surface area contributed by atoms with Gasteiger partial charge in [0, 0.05) is 52.4 Å². The zero-order valence-electron chi connectivity index (χ0n) is 18.8. The van der Waals surface area contributed by atoms with Gasteiger partial charge in [0.25, 0.3) is 0 Å². The Balaban J connectivity index is 0.00000420. The Labute approximate surface area is 194 Å². The molecule has 2 rings (SSSR count). The summed E-state index contributed by atoms with van der Waals surface area (Å²) >= 11 is 0. The van der Waals surface area contributed by atoms with E-state index in [0.717, 1.165) is 50.9 Å². The van der Waals surface area contributed by atoms with Crippen LogP contribution in [0, 0.1) is 0 Å². The Morgan fingerprint density at radius 2 is 1.76 bits per heavy atom. The molecule has 1 saturated heterocycles. The molecule has 2 N–H and O–H groups in total. The van der Waals surface area contributed by atoms with Crippen LogP contribution in [0.15, 0.2) is 29.3 Å². The van der Waals surface area contributed by atoms with Crippen molar-refractivity contribution in [2.24, 2.45) is 4.99 Å². The molecule has 7 heteroatoms. The predicted molar refractivity (Wildman–Crippen MR) is 134 cm³/mol. The molecule has 0 aromatic heterocycles.